The van der Waals surface area contributed by atoms with Gasteiger partial charge in [0.15, 0.2) is 0 Å². The van der Waals surface area contributed by atoms with Gasteiger partial charge in [0.2, 0.25) is 11.8 Å². The first-order chi connectivity index (χ1) is 9.85. The molecular formula is C15H28N2O4. The lowest BCUT2D eigenvalue weighted by Crippen LogP contribution is -2.69. The van der Waals surface area contributed by atoms with Crippen LogP contribution in [0.25, 0.3) is 0 Å². The standard InChI is InChI=1S/C15H28N2O4/c1-6-11(2)12-13(18)16-15(3,4)14(19)17(12)7-8-21-10-9-20-5/h11-12H,6-10H2,1-5H3,(H,16,18). The summed E-state index contributed by atoms with van der Waals surface area (Å²) < 4.78 is 10.4. The Morgan fingerprint density at radius 3 is 2.52 bits per heavy atom. The number of nitrogens with one attached hydrogen (secondary N) is 1. The molecule has 1 fully saturated rings. The van der Waals surface area contributed by atoms with E-state index in [4.69, 9.17) is 9.47 Å². The maximum Gasteiger partial charge on any atom is 0.248 e. The summed E-state index contributed by atoms with van der Waals surface area (Å²) in [5.74, 6) is -0.0161. The van der Waals surface area contributed by atoms with Gasteiger partial charge in [-0.1, -0.05) is 20.3 Å². The van der Waals surface area contributed by atoms with E-state index in [9.17, 15) is 9.59 Å². The number of ether oxygens (including phenoxy) is 2. The molecule has 1 rings (SSSR count). The Hall–Kier alpha value is -1.14. The van der Waals surface area contributed by atoms with Gasteiger partial charge in [-0.15, -0.1) is 0 Å². The molecule has 1 aliphatic heterocycles. The average Bonchev–Trinajstić information content (AvgIpc) is 2.42. The quantitative estimate of drug-likeness (QED) is 0.673. The molecule has 2 amide bonds. The van der Waals surface area contributed by atoms with Crippen molar-refractivity contribution in [1.82, 2.24) is 10.2 Å². The molecule has 1 N–H and O–H groups in total. The fraction of sp³-hybridized carbons (Fsp3) is 0.867. The summed E-state index contributed by atoms with van der Waals surface area (Å²) in [6, 6.07) is -0.415. The van der Waals surface area contributed by atoms with E-state index >= 15 is 0 Å². The van der Waals surface area contributed by atoms with Gasteiger partial charge in [-0.2, -0.15) is 0 Å². The van der Waals surface area contributed by atoms with Gasteiger partial charge in [0.25, 0.3) is 0 Å². The second-order valence-electron chi connectivity index (χ2n) is 6.05. The number of hydrogen-bond acceptors (Lipinski definition) is 4. The maximum atomic E-state index is 12.6. The lowest BCUT2D eigenvalue weighted by molar-refractivity contribution is -0.156. The highest BCUT2D eigenvalue weighted by Gasteiger charge is 2.46. The minimum Gasteiger partial charge on any atom is -0.382 e. The van der Waals surface area contributed by atoms with E-state index in [1.165, 1.54) is 0 Å². The van der Waals surface area contributed by atoms with Crippen LogP contribution in [-0.4, -0.2) is 61.8 Å². The van der Waals surface area contributed by atoms with Crippen molar-refractivity contribution in [3.8, 4) is 0 Å². The number of carbonyl (C=O) groups is 2. The third-order valence-electron chi connectivity index (χ3n) is 3.93. The van der Waals surface area contributed by atoms with Crippen molar-refractivity contribution in [3.05, 3.63) is 0 Å². The van der Waals surface area contributed by atoms with Gasteiger partial charge in [0, 0.05) is 13.7 Å². The summed E-state index contributed by atoms with van der Waals surface area (Å²) in [7, 11) is 1.61. The zero-order valence-electron chi connectivity index (χ0n) is 13.8. The smallest absolute Gasteiger partial charge is 0.248 e. The van der Waals surface area contributed by atoms with Crippen molar-refractivity contribution in [2.45, 2.75) is 45.7 Å². The predicted molar refractivity (Wildman–Crippen MR) is 79.9 cm³/mol. The highest BCUT2D eigenvalue weighted by Crippen LogP contribution is 2.24. The Bertz CT molecular complexity index is 371. The Balaban J connectivity index is 2.75. The van der Waals surface area contributed by atoms with Crippen LogP contribution in [0.3, 0.4) is 0 Å². The molecule has 0 aromatic heterocycles. The molecule has 2 atom stereocenters. The van der Waals surface area contributed by atoms with E-state index in [2.05, 4.69) is 5.32 Å². The molecule has 122 valence electrons. The van der Waals surface area contributed by atoms with Crippen molar-refractivity contribution >= 4 is 11.8 Å². The predicted octanol–water partition coefficient (Wildman–Crippen LogP) is 0.801. The molecule has 6 nitrogen and oxygen atoms in total. The summed E-state index contributed by atoms with van der Waals surface area (Å²) >= 11 is 0. The molecule has 6 heteroatoms. The summed E-state index contributed by atoms with van der Waals surface area (Å²) in [4.78, 5) is 26.6. The molecule has 0 aromatic rings. The van der Waals surface area contributed by atoms with Crippen LogP contribution in [0.4, 0.5) is 0 Å². The van der Waals surface area contributed by atoms with Gasteiger partial charge in [-0.25, -0.2) is 0 Å². The minimum atomic E-state index is -0.854. The number of amides is 2. The molecular weight excluding hydrogens is 272 g/mol. The number of nitrogens with zero attached hydrogens (tertiary/aromatic N) is 1. The molecule has 2 unspecified atom stereocenters. The molecule has 0 radical (unpaired) electrons. The average molecular weight is 300 g/mol. The van der Waals surface area contributed by atoms with Crippen LogP contribution in [0, 0.1) is 5.92 Å². The van der Waals surface area contributed by atoms with Crippen molar-refractivity contribution in [3.63, 3.8) is 0 Å². The highest BCUT2D eigenvalue weighted by atomic mass is 16.5. The molecule has 0 aliphatic carbocycles. The van der Waals surface area contributed by atoms with Crippen LogP contribution in [0.1, 0.15) is 34.1 Å². The number of rotatable bonds is 8. The topological polar surface area (TPSA) is 67.9 Å². The van der Waals surface area contributed by atoms with E-state index in [0.29, 0.717) is 26.4 Å². The number of methoxy groups -OCH3 is 1. The van der Waals surface area contributed by atoms with Crippen LogP contribution < -0.4 is 5.32 Å². The van der Waals surface area contributed by atoms with E-state index in [0.717, 1.165) is 6.42 Å². The first kappa shape index (κ1) is 17.9. The van der Waals surface area contributed by atoms with Crippen LogP contribution >= 0.6 is 0 Å². The molecule has 1 saturated heterocycles. The van der Waals surface area contributed by atoms with Gasteiger partial charge >= 0.3 is 0 Å². The summed E-state index contributed by atoms with van der Waals surface area (Å²) in [5.41, 5.74) is -0.854. The van der Waals surface area contributed by atoms with E-state index in [1.54, 1.807) is 25.9 Å². The Labute approximate surface area is 127 Å². The van der Waals surface area contributed by atoms with Gasteiger partial charge in [0.05, 0.1) is 19.8 Å². The molecule has 0 bridgehead atoms. The lowest BCUT2D eigenvalue weighted by Gasteiger charge is -2.44. The van der Waals surface area contributed by atoms with Crippen LogP contribution in [0.5, 0.6) is 0 Å². The Kier molecular flexibility index (Phi) is 6.61. The van der Waals surface area contributed by atoms with Gasteiger partial charge in [-0.05, 0) is 19.8 Å². The largest absolute Gasteiger partial charge is 0.382 e. The van der Waals surface area contributed by atoms with Gasteiger partial charge in [0.1, 0.15) is 11.6 Å². The fourth-order valence-electron chi connectivity index (χ4n) is 2.50. The summed E-state index contributed by atoms with van der Waals surface area (Å²) in [5, 5.41) is 2.82. The summed E-state index contributed by atoms with van der Waals surface area (Å²) in [6.45, 7) is 9.33. The van der Waals surface area contributed by atoms with Crippen molar-refractivity contribution in [2.24, 2.45) is 5.92 Å². The van der Waals surface area contributed by atoms with E-state index in [1.807, 2.05) is 13.8 Å². The zero-order chi connectivity index (χ0) is 16.0. The van der Waals surface area contributed by atoms with Crippen LogP contribution in [-0.2, 0) is 19.1 Å². The number of carbonyl (C=O) groups excluding carboxylic acids is 2. The molecule has 0 saturated carbocycles. The highest BCUT2D eigenvalue weighted by molar-refractivity contribution is 5.99. The molecule has 1 aliphatic rings. The molecule has 0 aromatic carbocycles. The molecule has 1 heterocycles. The molecule has 21 heavy (non-hydrogen) atoms. The Morgan fingerprint density at radius 1 is 1.29 bits per heavy atom. The monoisotopic (exact) mass is 300 g/mol. The van der Waals surface area contributed by atoms with Crippen molar-refractivity contribution < 1.29 is 19.1 Å². The second kappa shape index (κ2) is 7.75. The normalized spacial score (nSPS) is 23.1. The first-order valence-corrected chi connectivity index (χ1v) is 7.55. The van der Waals surface area contributed by atoms with E-state index in [-0.39, 0.29) is 17.7 Å². The number of hydrogen-bond donors (Lipinski definition) is 1. The van der Waals surface area contributed by atoms with Gasteiger partial charge < -0.3 is 19.7 Å². The van der Waals surface area contributed by atoms with Gasteiger partial charge in [-0.3, -0.25) is 9.59 Å². The first-order valence-electron chi connectivity index (χ1n) is 7.55. The van der Waals surface area contributed by atoms with Crippen LogP contribution in [0.2, 0.25) is 0 Å². The second-order valence-corrected chi connectivity index (χ2v) is 6.05. The maximum absolute atomic E-state index is 12.6. The fourth-order valence-corrected chi connectivity index (χ4v) is 2.50. The zero-order valence-corrected chi connectivity index (χ0v) is 13.8. The minimum absolute atomic E-state index is 0.0530. The molecule has 0 spiro atoms. The number of piperazine rings is 1. The Morgan fingerprint density at radius 2 is 1.95 bits per heavy atom. The van der Waals surface area contributed by atoms with Crippen molar-refractivity contribution in [1.29, 1.82) is 0 Å². The van der Waals surface area contributed by atoms with E-state index < -0.39 is 11.6 Å². The summed E-state index contributed by atoms with van der Waals surface area (Å²) in [6.07, 6.45) is 0.840. The lowest BCUT2D eigenvalue weighted by atomic mass is 9.89. The third kappa shape index (κ3) is 4.41. The van der Waals surface area contributed by atoms with Crippen molar-refractivity contribution in [2.75, 3.05) is 33.5 Å². The SMILES string of the molecule is CCC(C)C1C(=O)NC(C)(C)C(=O)N1CCOCCOC. The third-order valence-corrected chi connectivity index (χ3v) is 3.93. The van der Waals surface area contributed by atoms with Crippen LogP contribution in [0.15, 0.2) is 0 Å².